The first-order valence-corrected chi connectivity index (χ1v) is 12.6. The van der Waals surface area contributed by atoms with Crippen LogP contribution < -0.4 is 59.4 Å². The fourth-order valence-corrected chi connectivity index (χ4v) is 3.60. The van der Waals surface area contributed by atoms with Gasteiger partial charge < -0.3 is 57.7 Å². The van der Waals surface area contributed by atoms with Crippen molar-refractivity contribution in [2.75, 3.05) is 54.8 Å². The largest absolute Gasteiger partial charge is 1.00 e. The summed E-state index contributed by atoms with van der Waals surface area (Å²) in [5, 5.41) is 22.3. The van der Waals surface area contributed by atoms with Gasteiger partial charge in [0.2, 0.25) is 11.5 Å². The highest BCUT2D eigenvalue weighted by atomic mass is 35.5. The molecule has 0 aromatic heterocycles. The number of quaternary nitrogens is 1. The second kappa shape index (κ2) is 15.9. The number of carbonyl (C=O) groups excluding carboxylic acids is 2. The highest BCUT2D eigenvalue weighted by Gasteiger charge is 2.24. The Balaban J connectivity index is 0.000000362. The molecule has 4 aromatic carbocycles. The zero-order valence-corrected chi connectivity index (χ0v) is 26.3. The number of amides is 2. The van der Waals surface area contributed by atoms with E-state index in [1.165, 1.54) is 43.3 Å². The summed E-state index contributed by atoms with van der Waals surface area (Å²) in [6.07, 6.45) is 0. The minimum Gasteiger partial charge on any atom is -1.00 e. The molecule has 0 radical (unpaired) electrons. The Labute approximate surface area is 262 Å². The van der Waals surface area contributed by atoms with Crippen LogP contribution in [0, 0.1) is 0 Å². The lowest BCUT2D eigenvalue weighted by atomic mass is 10.1. The van der Waals surface area contributed by atoms with Crippen LogP contribution in [-0.4, -0.2) is 81.3 Å². The molecule has 4 rings (SSSR count). The number of anilines is 2. The van der Waals surface area contributed by atoms with Crippen LogP contribution in [0.5, 0.6) is 28.7 Å². The van der Waals surface area contributed by atoms with Crippen LogP contribution in [0.2, 0.25) is 0 Å². The van der Waals surface area contributed by atoms with Gasteiger partial charge in [-0.25, -0.2) is 0 Å². The van der Waals surface area contributed by atoms with Crippen molar-refractivity contribution >= 4 is 28.9 Å². The smallest absolute Gasteiger partial charge is 0.275 e. The summed E-state index contributed by atoms with van der Waals surface area (Å²) in [4.78, 5) is 69.9. The molecule has 242 valence electrons. The van der Waals surface area contributed by atoms with Gasteiger partial charge in [0, 0.05) is 34.3 Å². The summed E-state index contributed by atoms with van der Waals surface area (Å²) in [6, 6.07) is 9.42. The number of carbonyl (C=O) groups is 2. The third-order valence-electron chi connectivity index (χ3n) is 5.99. The molecule has 0 spiro atoms. The maximum absolute atomic E-state index is 11.9. The SMILES string of the molecule is CN(C)C(=O)c1cccc([NH3+])c1O.COc1c(Nc2cccc(C(=O)N(C)C)c2O)c(=O)c1=O.COc1c(OC)c(=O)c1=O.[Cl-]. The molecule has 0 aliphatic carbocycles. The topological polar surface area (TPSA) is 217 Å². The Hall–Kier alpha value is -5.41. The molecule has 0 heterocycles. The fourth-order valence-electron chi connectivity index (χ4n) is 3.60. The Morgan fingerprint density at radius 1 is 0.667 bits per heavy atom. The zero-order valence-electron chi connectivity index (χ0n) is 25.5. The van der Waals surface area contributed by atoms with Crippen molar-refractivity contribution in [3.8, 4) is 28.7 Å². The van der Waals surface area contributed by atoms with Gasteiger partial charge in [0.05, 0.1) is 38.1 Å². The molecule has 4 aromatic rings. The Kier molecular flexibility index (Phi) is 13.3. The molecule has 0 unspecified atom stereocenters. The van der Waals surface area contributed by atoms with E-state index in [4.69, 9.17) is 4.74 Å². The molecule has 45 heavy (non-hydrogen) atoms. The number of aromatic hydroxyl groups is 2. The molecule has 16 heteroatoms. The first-order chi connectivity index (χ1) is 20.6. The van der Waals surface area contributed by atoms with E-state index in [2.05, 4.69) is 20.5 Å². The molecular formula is C29H33ClN4O11. The Morgan fingerprint density at radius 2 is 1.07 bits per heavy atom. The third-order valence-corrected chi connectivity index (χ3v) is 5.99. The molecule has 0 bridgehead atoms. The van der Waals surface area contributed by atoms with E-state index in [1.54, 1.807) is 52.5 Å². The van der Waals surface area contributed by atoms with E-state index >= 15 is 0 Å². The lowest BCUT2D eigenvalue weighted by Crippen LogP contribution is -3.00. The summed E-state index contributed by atoms with van der Waals surface area (Å²) in [5.41, 5.74) is 1.88. The molecule has 0 fully saturated rings. The van der Waals surface area contributed by atoms with Gasteiger partial charge in [-0.15, -0.1) is 0 Å². The van der Waals surface area contributed by atoms with Crippen molar-refractivity contribution in [2.45, 2.75) is 0 Å². The molecule has 0 aliphatic rings. The number of halogens is 1. The van der Waals surface area contributed by atoms with Crippen LogP contribution >= 0.6 is 0 Å². The average molecular weight is 649 g/mol. The molecule has 0 saturated carbocycles. The molecule has 0 atom stereocenters. The predicted molar refractivity (Wildman–Crippen MR) is 160 cm³/mol. The number of ether oxygens (including phenoxy) is 3. The van der Waals surface area contributed by atoms with Gasteiger partial charge in [0.1, 0.15) is 5.69 Å². The quantitative estimate of drug-likeness (QED) is 0.115. The summed E-state index contributed by atoms with van der Waals surface area (Å²) < 4.78 is 13.9. The molecule has 6 N–H and O–H groups in total. The number of nitrogens with one attached hydrogen (secondary N) is 1. The van der Waals surface area contributed by atoms with Crippen molar-refractivity contribution in [3.63, 3.8) is 0 Å². The van der Waals surface area contributed by atoms with Gasteiger partial charge in [-0.3, -0.25) is 28.8 Å². The van der Waals surface area contributed by atoms with Gasteiger partial charge in [-0.2, -0.15) is 0 Å². The van der Waals surface area contributed by atoms with E-state index in [-0.39, 0.29) is 75.5 Å². The van der Waals surface area contributed by atoms with Gasteiger partial charge in [-0.1, -0.05) is 12.1 Å². The van der Waals surface area contributed by atoms with E-state index < -0.39 is 21.7 Å². The monoisotopic (exact) mass is 648 g/mol. The van der Waals surface area contributed by atoms with Crippen molar-refractivity contribution < 1.29 is 52.2 Å². The maximum Gasteiger partial charge on any atom is 0.275 e. The molecule has 2 amide bonds. The summed E-state index contributed by atoms with van der Waals surface area (Å²) in [5.74, 6) is -0.993. The number of nitrogens with zero attached hydrogens (tertiary/aromatic N) is 2. The Morgan fingerprint density at radius 3 is 1.49 bits per heavy atom. The number of benzene rings is 2. The van der Waals surface area contributed by atoms with Crippen molar-refractivity contribution in [1.29, 1.82) is 0 Å². The number of hydrogen-bond acceptors (Lipinski definition) is 12. The molecular weight excluding hydrogens is 616 g/mol. The highest BCUT2D eigenvalue weighted by Crippen LogP contribution is 2.32. The lowest BCUT2D eigenvalue weighted by Gasteiger charge is -2.16. The van der Waals surface area contributed by atoms with Crippen molar-refractivity contribution in [3.05, 3.63) is 88.4 Å². The second-order valence-electron chi connectivity index (χ2n) is 9.33. The van der Waals surface area contributed by atoms with Gasteiger partial charge in [0.15, 0.2) is 22.9 Å². The molecule has 0 saturated heterocycles. The van der Waals surface area contributed by atoms with Crippen molar-refractivity contribution in [2.24, 2.45) is 0 Å². The van der Waals surface area contributed by atoms with Crippen LogP contribution in [0.1, 0.15) is 20.7 Å². The van der Waals surface area contributed by atoms with E-state index in [9.17, 15) is 39.0 Å². The first-order valence-electron chi connectivity index (χ1n) is 12.6. The standard InChI is InChI=1S/C14H14N2O5.C9H12N2O2.C6H6O4.ClH/c1-16(2)14(20)7-5-4-6-8(10(7)17)15-9-11(18)12(19)13(9)21-3;1-11(2)9(13)6-4-3-5-7(10)8(6)12;1-9-5-3(7)4(8)6(5)10-2;/h4-6,15,17H,1-3H3;3-5,12H,10H2,1-2H3;1-2H3;1H. The molecule has 0 aliphatic heterocycles. The Bertz CT molecular complexity index is 1790. The number of rotatable bonds is 7. The van der Waals surface area contributed by atoms with E-state index in [0.717, 1.165) is 0 Å². The number of hydrogen-bond donors (Lipinski definition) is 4. The predicted octanol–water partition coefficient (Wildman–Crippen LogP) is -3.29. The number of phenols is 2. The summed E-state index contributed by atoms with van der Waals surface area (Å²) in [7, 11) is 10.3. The normalized spacial score (nSPS) is 9.87. The third kappa shape index (κ3) is 7.95. The van der Waals surface area contributed by atoms with Crippen LogP contribution in [0.15, 0.2) is 55.6 Å². The average Bonchev–Trinajstić information content (AvgIpc) is 3.00. The first kappa shape index (κ1) is 37.6. The highest BCUT2D eigenvalue weighted by molar-refractivity contribution is 5.99. The number of methoxy groups -OCH3 is 3. The minimum atomic E-state index is -0.726. The molecule has 15 nitrogen and oxygen atoms in total. The zero-order chi connectivity index (χ0) is 33.5. The lowest BCUT2D eigenvalue weighted by molar-refractivity contribution is -0.256. The summed E-state index contributed by atoms with van der Waals surface area (Å²) in [6.45, 7) is 0. The second-order valence-corrected chi connectivity index (χ2v) is 9.33. The number of phenolic OH excluding ortho intramolecular Hbond substituents is 2. The van der Waals surface area contributed by atoms with E-state index in [1.807, 2.05) is 0 Å². The number of para-hydroxylation sites is 2. The van der Waals surface area contributed by atoms with Crippen LogP contribution in [0.3, 0.4) is 0 Å². The van der Waals surface area contributed by atoms with Crippen LogP contribution in [-0.2, 0) is 0 Å². The van der Waals surface area contributed by atoms with Gasteiger partial charge in [-0.05, 0) is 18.2 Å². The van der Waals surface area contributed by atoms with Crippen LogP contribution in [0.4, 0.5) is 17.1 Å². The van der Waals surface area contributed by atoms with Gasteiger partial charge in [0.25, 0.3) is 33.5 Å². The van der Waals surface area contributed by atoms with Gasteiger partial charge >= 0.3 is 0 Å². The van der Waals surface area contributed by atoms with Crippen LogP contribution in [0.25, 0.3) is 0 Å². The van der Waals surface area contributed by atoms with E-state index in [0.29, 0.717) is 5.69 Å². The maximum atomic E-state index is 11.9. The minimum absolute atomic E-state index is 0. The summed E-state index contributed by atoms with van der Waals surface area (Å²) >= 11 is 0. The fraction of sp³-hybridized carbons (Fsp3) is 0.241. The van der Waals surface area contributed by atoms with Crippen molar-refractivity contribution in [1.82, 2.24) is 9.80 Å².